The average Bonchev–Trinajstić information content (AvgIpc) is 3.21. The van der Waals surface area contributed by atoms with E-state index in [2.05, 4.69) is 72.6 Å². The van der Waals surface area contributed by atoms with Gasteiger partial charge in [0.05, 0.1) is 26.9 Å². The first-order chi connectivity index (χ1) is 28.5. The Balaban J connectivity index is 1.70. The molecule has 2 heterocycles. The smallest absolute Gasteiger partial charge is 0.333 e. The van der Waals surface area contributed by atoms with Crippen molar-refractivity contribution in [1.82, 2.24) is 14.5 Å². The van der Waals surface area contributed by atoms with E-state index in [1.807, 2.05) is 12.1 Å². The number of benzene rings is 1. The number of hydrogen-bond donors (Lipinski definition) is 2. The second kappa shape index (κ2) is 27.3. The third-order valence-corrected chi connectivity index (χ3v) is 10.5. The summed E-state index contributed by atoms with van der Waals surface area (Å²) in [5.41, 5.74) is 4.53. The van der Waals surface area contributed by atoms with E-state index in [1.165, 1.54) is 17.8 Å². The van der Waals surface area contributed by atoms with Crippen LogP contribution in [0.5, 0.6) is 11.6 Å². The van der Waals surface area contributed by atoms with Crippen molar-refractivity contribution in [2.24, 2.45) is 5.41 Å². The zero-order chi connectivity index (χ0) is 43.0. The number of carbonyl (C=O) groups is 1. The highest BCUT2D eigenvalue weighted by Gasteiger charge is 2.27. The first kappa shape index (κ1) is 49.8. The zero-order valence-electron chi connectivity index (χ0n) is 35.8. The number of alkyl halides is 1. The number of rotatable bonds is 29. The van der Waals surface area contributed by atoms with Crippen molar-refractivity contribution in [2.45, 2.75) is 105 Å². The number of nitrogens with zero attached hydrogens (tertiary/aromatic N) is 3. The van der Waals surface area contributed by atoms with Gasteiger partial charge in [-0.2, -0.15) is 0 Å². The highest BCUT2D eigenvalue weighted by molar-refractivity contribution is 7.94. The van der Waals surface area contributed by atoms with E-state index >= 15 is 0 Å². The molecule has 0 saturated carbocycles. The van der Waals surface area contributed by atoms with Gasteiger partial charge in [-0.3, -0.25) is 18.7 Å². The van der Waals surface area contributed by atoms with Gasteiger partial charge in [0, 0.05) is 92.8 Å². The first-order valence-electron chi connectivity index (χ1n) is 20.8. The molecule has 2 N–H and O–H groups in total. The molecule has 330 valence electrons. The maximum absolute atomic E-state index is 13.9. The standard InChI is InChI=1S/C43H65ClN4O10S/c1-7-46(8-2)33-18-20-35-37(43(3,4)5)32-34(56-38(35)31-33)19-21-36-40(50)47(42(52)48(41(36)51)25-16-30-59-58-57-53-6)24-14-11-12-17-39(49)45-23-27-55-29-28-54-26-15-10-9-13-22-44/h18,20-21,31-32,51H,7-17,22-30H2,1-6H3,(H,45,49). The monoisotopic (exact) mass is 864 g/mol. The number of anilines is 1. The maximum atomic E-state index is 13.9. The van der Waals surface area contributed by atoms with E-state index in [4.69, 9.17) is 30.1 Å². The van der Waals surface area contributed by atoms with Crippen LogP contribution in [0.4, 0.5) is 5.69 Å². The highest BCUT2D eigenvalue weighted by atomic mass is 35.5. The van der Waals surface area contributed by atoms with E-state index in [-0.39, 0.29) is 30.0 Å². The number of ether oxygens (including phenoxy) is 3. The fourth-order valence-electron chi connectivity index (χ4n) is 6.45. The minimum absolute atomic E-state index is 0.0908. The Hall–Kier alpha value is -3.53. The molecule has 1 aromatic heterocycles. The quantitative estimate of drug-likeness (QED) is 0.0207. The maximum Gasteiger partial charge on any atom is 0.333 e. The first-order valence-corrected chi connectivity index (χ1v) is 22.2. The second-order valence-electron chi connectivity index (χ2n) is 15.0. The number of allylic oxidation sites excluding steroid dienone is 2. The number of unbranched alkanes of at least 4 members (excludes halogenated alkanes) is 5. The van der Waals surface area contributed by atoms with Gasteiger partial charge in [0.1, 0.15) is 11.3 Å². The van der Waals surface area contributed by atoms with Gasteiger partial charge in [-0.25, -0.2) is 9.68 Å². The van der Waals surface area contributed by atoms with Gasteiger partial charge in [-0.05, 0) is 75.1 Å². The van der Waals surface area contributed by atoms with Crippen LogP contribution < -0.4 is 26.2 Å². The van der Waals surface area contributed by atoms with Crippen LogP contribution in [0.25, 0.3) is 11.6 Å². The fraction of sp³-hybridized carbons (Fsp3) is 0.628. The Morgan fingerprint density at radius 3 is 2.39 bits per heavy atom. The third kappa shape index (κ3) is 16.8. The molecular formula is C43H65ClN4O10S. The summed E-state index contributed by atoms with van der Waals surface area (Å²) in [6.45, 7) is 14.9. The predicted molar refractivity (Wildman–Crippen MR) is 235 cm³/mol. The molecule has 3 rings (SSSR count). The topological polar surface area (TPSA) is 152 Å². The van der Waals surface area contributed by atoms with Gasteiger partial charge in [-0.1, -0.05) is 50.8 Å². The molecule has 1 aliphatic heterocycles. The van der Waals surface area contributed by atoms with E-state index in [9.17, 15) is 19.5 Å². The molecule has 0 bridgehead atoms. The van der Waals surface area contributed by atoms with Crippen LogP contribution in [-0.2, 0) is 41.6 Å². The molecule has 1 amide bonds. The summed E-state index contributed by atoms with van der Waals surface area (Å²) in [5, 5.41) is 18.6. The highest BCUT2D eigenvalue weighted by Crippen LogP contribution is 2.44. The number of halogens is 1. The SMILES string of the molecule is CCN(CC)c1ccc2c(c1)OC(=C=Cc1c(O)n(CCCSOOOC)c(=O)n(CCCCCC(=O)NCCOCCOCCCCCCCl)c1=O)C=C2C(C)(C)C. The number of aromatic hydroxyl groups is 1. The van der Waals surface area contributed by atoms with E-state index in [1.54, 1.807) is 0 Å². The average molecular weight is 866 g/mol. The summed E-state index contributed by atoms with van der Waals surface area (Å²) >= 11 is 6.67. The summed E-state index contributed by atoms with van der Waals surface area (Å²) < 4.78 is 24.6. The summed E-state index contributed by atoms with van der Waals surface area (Å²) in [5.74, 6) is 1.59. The molecule has 0 radical (unpaired) electrons. The molecule has 0 spiro atoms. The fourth-order valence-corrected chi connectivity index (χ4v) is 7.05. The Morgan fingerprint density at radius 2 is 1.68 bits per heavy atom. The summed E-state index contributed by atoms with van der Waals surface area (Å²) in [6, 6.07) is 6.18. The second-order valence-corrected chi connectivity index (χ2v) is 16.2. The molecule has 0 aliphatic carbocycles. The third-order valence-electron chi connectivity index (χ3n) is 9.63. The van der Waals surface area contributed by atoms with Crippen LogP contribution in [0, 0.1) is 5.41 Å². The molecule has 0 unspecified atom stereocenters. The van der Waals surface area contributed by atoms with Crippen LogP contribution in [0.2, 0.25) is 0 Å². The molecule has 0 atom stereocenters. The molecule has 1 aromatic carbocycles. The van der Waals surface area contributed by atoms with Gasteiger partial charge < -0.3 is 29.5 Å². The molecule has 16 heteroatoms. The van der Waals surface area contributed by atoms with Crippen LogP contribution in [0.3, 0.4) is 0 Å². The van der Waals surface area contributed by atoms with Crippen LogP contribution in [0.1, 0.15) is 104 Å². The summed E-state index contributed by atoms with van der Waals surface area (Å²) in [7, 11) is 1.31. The van der Waals surface area contributed by atoms with Gasteiger partial charge >= 0.3 is 5.69 Å². The van der Waals surface area contributed by atoms with E-state index < -0.39 is 17.1 Å². The Bertz CT molecular complexity index is 1810. The van der Waals surface area contributed by atoms with Crippen molar-refractivity contribution < 1.29 is 38.4 Å². The lowest BCUT2D eigenvalue weighted by atomic mass is 9.80. The van der Waals surface area contributed by atoms with E-state index in [0.29, 0.717) is 88.2 Å². The minimum atomic E-state index is -0.645. The van der Waals surface area contributed by atoms with Gasteiger partial charge in [0.15, 0.2) is 5.76 Å². The number of amides is 1. The van der Waals surface area contributed by atoms with Gasteiger partial charge in [0.2, 0.25) is 11.8 Å². The van der Waals surface area contributed by atoms with Gasteiger partial charge in [0.25, 0.3) is 5.56 Å². The number of nitrogens with one attached hydrogen (secondary N) is 1. The largest absolute Gasteiger partial charge is 0.494 e. The molecule has 2 aromatic rings. The van der Waals surface area contributed by atoms with Crippen molar-refractivity contribution in [2.75, 3.05) is 69.7 Å². The Morgan fingerprint density at radius 1 is 0.966 bits per heavy atom. The molecular weight excluding hydrogens is 800 g/mol. The molecule has 1 aliphatic rings. The van der Waals surface area contributed by atoms with E-state index in [0.717, 1.165) is 72.2 Å². The van der Waals surface area contributed by atoms with Crippen molar-refractivity contribution in [3.8, 4) is 11.6 Å². The molecule has 0 fully saturated rings. The van der Waals surface area contributed by atoms with Gasteiger partial charge in [-0.15, -0.1) is 15.9 Å². The molecule has 59 heavy (non-hydrogen) atoms. The van der Waals surface area contributed by atoms with Crippen LogP contribution in [0.15, 0.2) is 45.4 Å². The number of hydrogen-bond acceptors (Lipinski definition) is 12. The normalized spacial score (nSPS) is 12.5. The zero-order valence-corrected chi connectivity index (χ0v) is 37.4. The van der Waals surface area contributed by atoms with Crippen LogP contribution >= 0.6 is 23.6 Å². The summed E-state index contributed by atoms with van der Waals surface area (Å²) in [6.07, 6.45) is 9.91. The molecule has 14 nitrogen and oxygen atoms in total. The lowest BCUT2D eigenvalue weighted by molar-refractivity contribution is -0.447. The lowest BCUT2D eigenvalue weighted by Crippen LogP contribution is -2.41. The minimum Gasteiger partial charge on any atom is -0.494 e. The van der Waals surface area contributed by atoms with Crippen molar-refractivity contribution in [3.05, 3.63) is 67.7 Å². The molecule has 0 saturated heterocycles. The number of aromatic nitrogens is 2. The number of fused-ring (bicyclic) bond motifs is 1. The summed E-state index contributed by atoms with van der Waals surface area (Å²) in [4.78, 5) is 46.6. The number of carbonyl (C=O) groups excluding carboxylic acids is 1. The Labute approximate surface area is 358 Å². The van der Waals surface area contributed by atoms with Crippen LogP contribution in [-0.4, -0.2) is 85.0 Å². The predicted octanol–water partition coefficient (Wildman–Crippen LogP) is 7.64. The lowest BCUT2D eigenvalue weighted by Gasteiger charge is -2.30. The van der Waals surface area contributed by atoms with Crippen molar-refractivity contribution in [3.63, 3.8) is 0 Å². The Kier molecular flexibility index (Phi) is 23.1. The van der Waals surface area contributed by atoms with Crippen molar-refractivity contribution in [1.29, 1.82) is 0 Å². The van der Waals surface area contributed by atoms with Crippen molar-refractivity contribution >= 4 is 46.9 Å².